The first-order valence-corrected chi connectivity index (χ1v) is 39.0. The quantitative estimate of drug-likeness (QED) is 0.0195. The zero-order valence-corrected chi connectivity index (χ0v) is 67.1. The largest absolute Gasteiger partial charge is 0.766 e. The predicted octanol–water partition coefficient (Wildman–Crippen LogP) is -0.797. The van der Waals surface area contributed by atoms with Gasteiger partial charge in [0.2, 0.25) is 25.5 Å². The molecule has 0 saturated carbocycles. The molecule has 2 unspecified atom stereocenters. The van der Waals surface area contributed by atoms with Gasteiger partial charge in [0.25, 0.3) is 0 Å². The SMILES string of the molecule is CCI.[B]CC(=O)N(CCNC)CC(=O)NCCN(CC(C)=O)C(=O)CC.[B][C@@H]1O[C@H](COC)[C@@H](CN(C)OC[C@H]2O[C@@H](C)[C@H](OC)[C@@H]2OC)[C@H]1OC.[B][C@H]1CN(P(=O)(OC[C@@H]2CN(C)C[C@H](C)O2)N(C)C)C[C@@H](COC)O1.[B][C@H]1C[C@H](NP(=O)([O-])OC[C@H]2O[C@@H](C)C[C@@H]2NC)[C@@H](COC)O1. The third kappa shape index (κ3) is 34.4. The average Bonchev–Trinajstić information content (AvgIpc) is 1.80. The summed E-state index contributed by atoms with van der Waals surface area (Å²) >= 11 is 2.29. The second-order valence-electron chi connectivity index (χ2n) is 25.6. The molecule has 32 nitrogen and oxygen atoms in total. The van der Waals surface area contributed by atoms with Gasteiger partial charge < -0.3 is 101 Å². The van der Waals surface area contributed by atoms with E-state index in [9.17, 15) is 33.2 Å². The number of halogens is 1. The molecule has 6 heterocycles. The minimum Gasteiger partial charge on any atom is -0.766 e. The number of ether oxygens (including phenoxy) is 12. The van der Waals surface area contributed by atoms with Crippen LogP contribution >= 0.6 is 38.0 Å². The van der Waals surface area contributed by atoms with Crippen LogP contribution in [0.5, 0.6) is 0 Å². The Balaban J connectivity index is 0.000000452. The van der Waals surface area contributed by atoms with Crippen LogP contribution in [-0.4, -0.2) is 388 Å². The lowest BCUT2D eigenvalue weighted by Gasteiger charge is -2.43. The Kier molecular flexibility index (Phi) is 48.4. The number of amides is 3. The highest BCUT2D eigenvalue weighted by molar-refractivity contribution is 14.1. The lowest BCUT2D eigenvalue weighted by molar-refractivity contribution is -0.205. The number of nitrogens with zero attached hydrogens (tertiary/aromatic N) is 6. The van der Waals surface area contributed by atoms with Crippen LogP contribution in [0.3, 0.4) is 0 Å². The van der Waals surface area contributed by atoms with E-state index in [1.54, 1.807) is 78.0 Å². The fraction of sp³-hybridized carbons (Fsp3) is 0.935. The van der Waals surface area contributed by atoms with E-state index in [1.807, 2.05) is 41.9 Å². The van der Waals surface area contributed by atoms with Crippen molar-refractivity contribution in [3.63, 3.8) is 0 Å². The Morgan fingerprint density at radius 2 is 1.26 bits per heavy atom. The number of hydrogen-bond acceptors (Lipinski definition) is 26. The monoisotopic (exact) mass is 1590 g/mol. The second-order valence-corrected chi connectivity index (χ2v) is 31.2. The molecule has 0 aliphatic carbocycles. The molecule has 0 spiro atoms. The Bertz CT molecular complexity index is 2410. The second kappa shape index (κ2) is 51.1. The van der Waals surface area contributed by atoms with Crippen molar-refractivity contribution in [2.75, 3.05) is 201 Å². The molecule has 6 rings (SSSR count). The summed E-state index contributed by atoms with van der Waals surface area (Å²) in [4.78, 5) is 69.6. The van der Waals surface area contributed by atoms with E-state index in [1.165, 1.54) is 28.3 Å². The summed E-state index contributed by atoms with van der Waals surface area (Å²) in [6, 6.07) is -1.90. The van der Waals surface area contributed by atoms with Gasteiger partial charge in [0.15, 0.2) is 0 Å². The molecule has 0 aromatic heterocycles. The van der Waals surface area contributed by atoms with Gasteiger partial charge in [0, 0.05) is 151 Å². The molecule has 4 N–H and O–H groups in total. The molecule has 8 radical (unpaired) electrons. The lowest BCUT2D eigenvalue weighted by Crippen LogP contribution is -2.50. The number of carbonyl (C=O) groups excluding carboxylic acids is 4. The van der Waals surface area contributed by atoms with Crippen LogP contribution in [0, 0.1) is 5.92 Å². The summed E-state index contributed by atoms with van der Waals surface area (Å²) in [5, 5.41) is 12.9. The van der Waals surface area contributed by atoms with E-state index in [2.05, 4.69) is 55.5 Å². The molecular weight excluding hydrogens is 1470 g/mol. The Labute approximate surface area is 621 Å². The van der Waals surface area contributed by atoms with Crippen LogP contribution in [0.1, 0.15) is 60.8 Å². The summed E-state index contributed by atoms with van der Waals surface area (Å²) in [5.41, 5.74) is 0. The van der Waals surface area contributed by atoms with Gasteiger partial charge in [-0.15, -0.1) is 0 Å². The van der Waals surface area contributed by atoms with Gasteiger partial charge in [-0.1, -0.05) is 36.4 Å². The minimum absolute atomic E-state index is 0.0296. The van der Waals surface area contributed by atoms with E-state index >= 15 is 0 Å². The van der Waals surface area contributed by atoms with Crippen LogP contribution in [0.25, 0.3) is 0 Å². The zero-order chi connectivity index (χ0) is 76.2. The van der Waals surface area contributed by atoms with Crippen molar-refractivity contribution in [3.05, 3.63) is 0 Å². The molecular formula is C62H120B4IN10O22P2-. The van der Waals surface area contributed by atoms with Crippen LogP contribution < -0.4 is 25.9 Å². The van der Waals surface area contributed by atoms with E-state index in [0.29, 0.717) is 65.4 Å². The Morgan fingerprint density at radius 1 is 0.653 bits per heavy atom. The molecule has 0 aromatic carbocycles. The topological polar surface area (TPSA) is 331 Å². The lowest BCUT2D eigenvalue weighted by atomic mass is 9.87. The standard InChI is InChI=1S/C17H32BNO7.C15H27BN4O4.C15H31BN3O5P.C13H26BN2O6P.C2H5I/c1-10-14(21-4)16(23-6)13(25-10)9-24-19(2)7-11-12(8-20-3)26-17(18)15(11)22-5;1-4-14(23)19(10-12(2)21)8-6-18-13(22)11-20(7-5-17-3)15(24)9-16;1-12-6-18(4)7-13(23-12)11-22-25(20,17(2)3)19-8-14(10-21-5)24-15(16)9-19;1-8-4-9(15-2)12(21-8)7-20-23(17,18)16-10-5-13(14)22-11(10)6-19-3;1-2-3/h10-17H,7-9H2,1-6H3;17H,4-11H2,1-3H3,(H,18,22);12-15H,6-11H2,1-5H3;8-13,15H,4-7H2,1-3H3,(H2,16,17,18);2H2,1H3/p-1/t10-,11+,12+,13+,14-,15+,16+,17+;;12-,13-,14-,15+,25?;8-,9-,10-,11+,12+,13+;/m0.00./s1. The van der Waals surface area contributed by atoms with Crippen molar-refractivity contribution in [2.24, 2.45) is 5.92 Å². The smallest absolute Gasteiger partial charge is 0.345 e. The van der Waals surface area contributed by atoms with Crippen molar-refractivity contribution < 1.29 is 104 Å². The average molecular weight is 1590 g/mol. The van der Waals surface area contributed by atoms with E-state index in [-0.39, 0.29) is 155 Å². The normalized spacial score (nSPS) is 30.9. The van der Waals surface area contributed by atoms with Crippen LogP contribution in [-0.2, 0) is 99.0 Å². The van der Waals surface area contributed by atoms with Crippen LogP contribution in [0.4, 0.5) is 0 Å². The summed E-state index contributed by atoms with van der Waals surface area (Å²) in [6.45, 7) is 17.3. The molecule has 6 saturated heterocycles. The highest BCUT2D eigenvalue weighted by atomic mass is 127. The van der Waals surface area contributed by atoms with Crippen molar-refractivity contribution in [2.45, 2.75) is 170 Å². The molecule has 580 valence electrons. The van der Waals surface area contributed by atoms with Gasteiger partial charge in [-0.3, -0.25) is 38.2 Å². The Morgan fingerprint density at radius 3 is 1.82 bits per heavy atom. The maximum Gasteiger partial charge on any atom is 0.345 e. The number of alkyl halides is 1. The highest BCUT2D eigenvalue weighted by Gasteiger charge is 2.46. The van der Waals surface area contributed by atoms with Gasteiger partial charge in [0.05, 0.1) is 116 Å². The third-order valence-corrected chi connectivity index (χ3v) is 20.6. The maximum atomic E-state index is 13.6. The number of hydroxylamine groups is 2. The number of carbonyl (C=O) groups is 4. The Hall–Kier alpha value is -1.39. The number of ketones is 1. The van der Waals surface area contributed by atoms with E-state index in [0.717, 1.165) is 19.5 Å². The molecule has 3 amide bonds. The minimum atomic E-state index is -4.24. The summed E-state index contributed by atoms with van der Waals surface area (Å²) in [6.07, 6.45) is -0.386. The number of rotatable bonds is 37. The number of likely N-dealkylation sites (N-methyl/N-ethyl adjacent to an activating group) is 3. The fourth-order valence-electron chi connectivity index (χ4n) is 12.3. The van der Waals surface area contributed by atoms with Crippen LogP contribution in [0.2, 0.25) is 6.32 Å². The molecule has 0 bridgehead atoms. The maximum absolute atomic E-state index is 13.6. The first kappa shape index (κ1) is 95.7. The molecule has 20 atom stereocenters. The zero-order valence-electron chi connectivity index (χ0n) is 63.2. The first-order valence-electron chi connectivity index (χ1n) is 34.4. The number of morpholine rings is 2. The van der Waals surface area contributed by atoms with Gasteiger partial charge in [-0.25, -0.2) is 9.34 Å². The number of hydrogen-bond donors (Lipinski definition) is 4. The molecule has 101 heavy (non-hydrogen) atoms. The van der Waals surface area contributed by atoms with Gasteiger partial charge in [-0.2, -0.15) is 5.06 Å². The van der Waals surface area contributed by atoms with Gasteiger partial charge >= 0.3 is 7.67 Å². The van der Waals surface area contributed by atoms with Crippen molar-refractivity contribution in [1.82, 2.24) is 50.1 Å². The molecule has 6 aliphatic heterocycles. The van der Waals surface area contributed by atoms with Gasteiger partial charge in [-0.05, 0) is 86.5 Å². The van der Waals surface area contributed by atoms with Crippen LogP contribution in [0.15, 0.2) is 0 Å². The summed E-state index contributed by atoms with van der Waals surface area (Å²) in [5.74, 6) is -0.865. The highest BCUT2D eigenvalue weighted by Crippen LogP contribution is 2.53. The summed E-state index contributed by atoms with van der Waals surface area (Å²) < 4.78 is 108. The van der Waals surface area contributed by atoms with E-state index in [4.69, 9.17) is 102 Å². The molecule has 6 aliphatic rings. The first-order chi connectivity index (χ1) is 47.8. The molecule has 0 aromatic rings. The van der Waals surface area contributed by atoms with E-state index < -0.39 is 45.6 Å². The number of methoxy groups -OCH3 is 6. The van der Waals surface area contributed by atoms with Gasteiger partial charge in [0.1, 0.15) is 47.6 Å². The predicted molar refractivity (Wildman–Crippen MR) is 391 cm³/mol. The van der Waals surface area contributed by atoms with Crippen molar-refractivity contribution in [3.8, 4) is 0 Å². The third-order valence-electron chi connectivity index (χ3n) is 16.9. The molecule has 6 fully saturated rings. The fourth-order valence-corrected chi connectivity index (χ4v) is 15.4. The van der Waals surface area contributed by atoms with Crippen molar-refractivity contribution >= 4 is 92.9 Å². The molecule has 39 heteroatoms. The number of nitrogens with one attached hydrogen (secondary N) is 4. The summed E-state index contributed by atoms with van der Waals surface area (Å²) in [7, 11) is 36.3. The number of Topliss-reactive ketones (excluding diaryl/α,β-unsaturated/α-hetero) is 1. The van der Waals surface area contributed by atoms with Crippen molar-refractivity contribution in [1.29, 1.82) is 0 Å².